The van der Waals surface area contributed by atoms with Crippen LogP contribution in [0.15, 0.2) is 24.3 Å². The molecule has 7 heteroatoms. The van der Waals surface area contributed by atoms with Crippen molar-refractivity contribution in [3.8, 4) is 16.9 Å². The van der Waals surface area contributed by atoms with Gasteiger partial charge in [-0.05, 0) is 38.5 Å². The molecular formula is C20H23ClN2O4. The molecule has 0 saturated carbocycles. The number of aliphatic hydroxyl groups is 1. The molecule has 0 bridgehead atoms. The van der Waals surface area contributed by atoms with E-state index >= 15 is 0 Å². The van der Waals surface area contributed by atoms with Crippen LogP contribution in [0, 0.1) is 17.0 Å². The molecule has 0 aromatic heterocycles. The highest BCUT2D eigenvalue weighted by Crippen LogP contribution is 2.50. The monoisotopic (exact) mass is 390 g/mol. The molecule has 2 aromatic carbocycles. The fourth-order valence-corrected chi connectivity index (χ4v) is 4.30. The van der Waals surface area contributed by atoms with E-state index in [0.29, 0.717) is 21.9 Å². The Morgan fingerprint density at radius 3 is 2.63 bits per heavy atom. The highest BCUT2D eigenvalue weighted by molar-refractivity contribution is 6.35. The van der Waals surface area contributed by atoms with Gasteiger partial charge in [0.2, 0.25) is 0 Å². The van der Waals surface area contributed by atoms with E-state index in [0.717, 1.165) is 16.8 Å². The zero-order valence-electron chi connectivity index (χ0n) is 16.0. The molecule has 0 radical (unpaired) electrons. The van der Waals surface area contributed by atoms with Gasteiger partial charge in [-0.15, -0.1) is 0 Å². The molecule has 27 heavy (non-hydrogen) atoms. The number of methoxy groups -OCH3 is 1. The first-order valence-electron chi connectivity index (χ1n) is 8.71. The van der Waals surface area contributed by atoms with Gasteiger partial charge in [-0.25, -0.2) is 0 Å². The van der Waals surface area contributed by atoms with Gasteiger partial charge in [-0.2, -0.15) is 0 Å². The summed E-state index contributed by atoms with van der Waals surface area (Å²) in [6.45, 7) is 7.71. The van der Waals surface area contributed by atoms with Crippen LogP contribution >= 0.6 is 11.6 Å². The predicted molar refractivity (Wildman–Crippen MR) is 107 cm³/mol. The van der Waals surface area contributed by atoms with Crippen LogP contribution in [0.3, 0.4) is 0 Å². The third-order valence-corrected chi connectivity index (χ3v) is 5.71. The van der Waals surface area contributed by atoms with Crippen LogP contribution in [0.2, 0.25) is 5.02 Å². The SMILES string of the molecule is COc1cccc([N+](=O)[O-])c1-c1cc(C)c2c(c1Cl)C(C)C(O)C(C)(C)N2. The van der Waals surface area contributed by atoms with Crippen LogP contribution in [0.4, 0.5) is 11.4 Å². The molecule has 0 amide bonds. The highest BCUT2D eigenvalue weighted by Gasteiger charge is 2.41. The number of nitrogens with zero attached hydrogens (tertiary/aromatic N) is 1. The molecule has 0 fully saturated rings. The molecule has 2 atom stereocenters. The van der Waals surface area contributed by atoms with Gasteiger partial charge in [0.05, 0.1) is 28.7 Å². The lowest BCUT2D eigenvalue weighted by Gasteiger charge is -2.43. The van der Waals surface area contributed by atoms with Crippen LogP contribution in [0.25, 0.3) is 11.1 Å². The van der Waals surface area contributed by atoms with Crippen molar-refractivity contribution in [2.75, 3.05) is 12.4 Å². The van der Waals surface area contributed by atoms with Gasteiger partial charge < -0.3 is 15.2 Å². The lowest BCUT2D eigenvalue weighted by Crippen LogP contribution is -2.50. The van der Waals surface area contributed by atoms with Gasteiger partial charge in [-0.3, -0.25) is 10.1 Å². The lowest BCUT2D eigenvalue weighted by atomic mass is 9.77. The minimum Gasteiger partial charge on any atom is -0.496 e. The number of benzene rings is 2. The van der Waals surface area contributed by atoms with E-state index in [1.54, 1.807) is 12.1 Å². The topological polar surface area (TPSA) is 84.6 Å². The van der Waals surface area contributed by atoms with Crippen LogP contribution < -0.4 is 10.1 Å². The zero-order valence-corrected chi connectivity index (χ0v) is 16.7. The Kier molecular flexibility index (Phi) is 4.82. The van der Waals surface area contributed by atoms with Gasteiger partial charge in [0, 0.05) is 28.8 Å². The predicted octanol–water partition coefficient (Wildman–Crippen LogP) is 4.90. The zero-order chi connectivity index (χ0) is 20.1. The summed E-state index contributed by atoms with van der Waals surface area (Å²) in [6.07, 6.45) is -0.662. The molecule has 2 aromatic rings. The van der Waals surface area contributed by atoms with Gasteiger partial charge in [-0.1, -0.05) is 24.6 Å². The van der Waals surface area contributed by atoms with Crippen LogP contribution in [0.5, 0.6) is 5.75 Å². The third kappa shape index (κ3) is 3.03. The Bertz CT molecular complexity index is 927. The molecule has 3 rings (SSSR count). The van der Waals surface area contributed by atoms with Crippen LogP contribution in [-0.4, -0.2) is 28.8 Å². The largest absolute Gasteiger partial charge is 0.496 e. The van der Waals surface area contributed by atoms with E-state index in [1.807, 2.05) is 33.8 Å². The Balaban J connectivity index is 2.34. The van der Waals surface area contributed by atoms with Crippen molar-refractivity contribution in [2.24, 2.45) is 0 Å². The average Bonchev–Trinajstić information content (AvgIpc) is 2.61. The number of fused-ring (bicyclic) bond motifs is 1. The summed E-state index contributed by atoms with van der Waals surface area (Å²) in [4.78, 5) is 11.2. The molecule has 0 spiro atoms. The maximum atomic E-state index is 11.6. The standard InChI is InChI=1S/C20H23ClN2O4/c1-10-9-12(16-13(23(25)26)7-6-8-14(16)27-5)17(21)15-11(2)19(24)20(3,4)22-18(10)15/h6-9,11,19,22,24H,1-5H3. The van der Waals surface area contributed by atoms with Gasteiger partial charge >= 0.3 is 0 Å². The lowest BCUT2D eigenvalue weighted by molar-refractivity contribution is -0.384. The molecule has 1 heterocycles. The number of rotatable bonds is 3. The number of ether oxygens (including phenoxy) is 1. The minimum absolute atomic E-state index is 0.0760. The molecule has 0 saturated heterocycles. The number of hydrogen-bond acceptors (Lipinski definition) is 5. The van der Waals surface area contributed by atoms with Crippen LogP contribution in [-0.2, 0) is 0 Å². The minimum atomic E-state index is -0.662. The molecule has 2 N–H and O–H groups in total. The summed E-state index contributed by atoms with van der Waals surface area (Å²) in [7, 11) is 1.47. The fraction of sp³-hybridized carbons (Fsp3) is 0.400. The summed E-state index contributed by atoms with van der Waals surface area (Å²) >= 11 is 6.76. The average molecular weight is 391 g/mol. The Labute approximate surface area is 163 Å². The van der Waals surface area contributed by atoms with Crippen molar-refractivity contribution >= 4 is 23.0 Å². The first-order chi connectivity index (χ1) is 12.6. The summed E-state index contributed by atoms with van der Waals surface area (Å²) in [6, 6.07) is 6.52. The molecule has 6 nitrogen and oxygen atoms in total. The first kappa shape index (κ1) is 19.5. The summed E-state index contributed by atoms with van der Waals surface area (Å²) < 4.78 is 5.38. The van der Waals surface area contributed by atoms with Gasteiger partial charge in [0.15, 0.2) is 0 Å². The fourth-order valence-electron chi connectivity index (χ4n) is 3.89. The van der Waals surface area contributed by atoms with Crippen molar-refractivity contribution in [3.05, 3.63) is 50.5 Å². The summed E-state index contributed by atoms with van der Waals surface area (Å²) in [5, 5.41) is 26.1. The van der Waals surface area contributed by atoms with Crippen molar-refractivity contribution < 1.29 is 14.8 Å². The highest BCUT2D eigenvalue weighted by atomic mass is 35.5. The second kappa shape index (κ2) is 6.69. The normalized spacial score (nSPS) is 20.6. The maximum Gasteiger partial charge on any atom is 0.280 e. The molecule has 144 valence electrons. The van der Waals surface area contributed by atoms with Gasteiger partial charge in [0.1, 0.15) is 11.3 Å². The molecule has 2 unspecified atom stereocenters. The number of hydrogen-bond donors (Lipinski definition) is 2. The number of anilines is 1. The van der Waals surface area contributed by atoms with Crippen molar-refractivity contribution in [2.45, 2.75) is 45.3 Å². The molecule has 1 aliphatic heterocycles. The number of nitro groups is 1. The summed E-state index contributed by atoms with van der Waals surface area (Å²) in [5.74, 6) is 0.138. The van der Waals surface area contributed by atoms with E-state index in [1.165, 1.54) is 13.2 Å². The number of aryl methyl sites for hydroxylation is 1. The number of nitro benzene ring substituents is 1. The quantitative estimate of drug-likeness (QED) is 0.575. The Morgan fingerprint density at radius 2 is 2.04 bits per heavy atom. The summed E-state index contributed by atoms with van der Waals surface area (Å²) in [5.41, 5.74) is 2.80. The van der Waals surface area contributed by atoms with E-state index in [4.69, 9.17) is 16.3 Å². The van der Waals surface area contributed by atoms with Crippen LogP contribution in [0.1, 0.15) is 37.8 Å². The van der Waals surface area contributed by atoms with E-state index in [-0.39, 0.29) is 11.6 Å². The molecule has 1 aliphatic rings. The first-order valence-corrected chi connectivity index (χ1v) is 9.09. The second-order valence-electron chi connectivity index (χ2n) is 7.54. The Morgan fingerprint density at radius 1 is 1.37 bits per heavy atom. The smallest absolute Gasteiger partial charge is 0.280 e. The molecular weight excluding hydrogens is 368 g/mol. The maximum absolute atomic E-state index is 11.6. The third-order valence-electron chi connectivity index (χ3n) is 5.30. The number of aliphatic hydroxyl groups excluding tert-OH is 1. The van der Waals surface area contributed by atoms with E-state index < -0.39 is 16.6 Å². The van der Waals surface area contributed by atoms with E-state index in [2.05, 4.69) is 5.32 Å². The van der Waals surface area contributed by atoms with Crippen molar-refractivity contribution in [1.82, 2.24) is 0 Å². The van der Waals surface area contributed by atoms with Crippen molar-refractivity contribution in [1.29, 1.82) is 0 Å². The second-order valence-corrected chi connectivity index (χ2v) is 7.91. The molecule has 0 aliphatic carbocycles. The number of nitrogens with one attached hydrogen (secondary N) is 1. The van der Waals surface area contributed by atoms with E-state index in [9.17, 15) is 15.2 Å². The van der Waals surface area contributed by atoms with Crippen molar-refractivity contribution in [3.63, 3.8) is 0 Å². The number of halogens is 1. The van der Waals surface area contributed by atoms with Gasteiger partial charge in [0.25, 0.3) is 5.69 Å². The Hall–Kier alpha value is -2.31.